The number of benzene rings is 1. The monoisotopic (exact) mass is 280 g/mol. The lowest BCUT2D eigenvalue weighted by molar-refractivity contribution is -0.137. The highest BCUT2D eigenvalue weighted by atomic mass is 19.4. The Morgan fingerprint density at radius 1 is 1.25 bits per heavy atom. The summed E-state index contributed by atoms with van der Waals surface area (Å²) in [6.07, 6.45) is -1.18. The van der Waals surface area contributed by atoms with Gasteiger partial charge in [-0.2, -0.15) is 18.3 Å². The third-order valence-corrected chi connectivity index (χ3v) is 2.66. The van der Waals surface area contributed by atoms with E-state index in [1.807, 2.05) is 0 Å². The summed E-state index contributed by atoms with van der Waals surface area (Å²) < 4.78 is 38.8. The van der Waals surface area contributed by atoms with Gasteiger partial charge in [0.25, 0.3) is 0 Å². The maximum atomic E-state index is 12.4. The molecule has 0 spiro atoms. The topological polar surface area (TPSA) is 34.9 Å². The second-order valence-corrected chi connectivity index (χ2v) is 4.12. The zero-order valence-corrected chi connectivity index (χ0v) is 10.4. The summed E-state index contributed by atoms with van der Waals surface area (Å²) in [5.41, 5.74) is -0.431. The molecular weight excluding hydrogens is 269 g/mol. The summed E-state index contributed by atoms with van der Waals surface area (Å²) in [6.45, 7) is 4.01. The molecule has 0 saturated carbocycles. The van der Waals surface area contributed by atoms with E-state index in [0.717, 1.165) is 24.3 Å². The molecule has 1 aromatic carbocycles. The van der Waals surface area contributed by atoms with E-state index in [4.69, 9.17) is 0 Å². The number of halogens is 3. The molecule has 6 heteroatoms. The quantitative estimate of drug-likeness (QED) is 0.636. The van der Waals surface area contributed by atoms with E-state index in [-0.39, 0.29) is 11.3 Å². The average molecular weight is 280 g/mol. The molecule has 0 N–H and O–H groups in total. The minimum absolute atomic E-state index is 0.168. The van der Waals surface area contributed by atoms with E-state index >= 15 is 0 Å². The molecule has 0 atom stereocenters. The van der Waals surface area contributed by atoms with Crippen molar-refractivity contribution >= 4 is 5.78 Å². The van der Waals surface area contributed by atoms with Gasteiger partial charge >= 0.3 is 6.18 Å². The molecule has 2 aromatic rings. The summed E-state index contributed by atoms with van der Waals surface area (Å²) in [4.78, 5) is 12.0. The molecule has 0 aliphatic heterocycles. The third-order valence-electron chi connectivity index (χ3n) is 2.66. The largest absolute Gasteiger partial charge is 0.416 e. The van der Waals surface area contributed by atoms with E-state index in [2.05, 4.69) is 11.7 Å². The molecule has 0 unspecified atom stereocenters. The van der Waals surface area contributed by atoms with Crippen LogP contribution in [0.2, 0.25) is 0 Å². The molecular formula is C14H11F3N2O. The van der Waals surface area contributed by atoms with Crippen LogP contribution in [0.5, 0.6) is 0 Å². The first-order valence-corrected chi connectivity index (χ1v) is 5.78. The highest BCUT2D eigenvalue weighted by Gasteiger charge is 2.30. The molecule has 0 aliphatic carbocycles. The van der Waals surface area contributed by atoms with E-state index in [0.29, 0.717) is 6.54 Å². The van der Waals surface area contributed by atoms with Gasteiger partial charge in [-0.25, -0.2) is 0 Å². The third kappa shape index (κ3) is 2.96. The minimum atomic E-state index is -4.41. The molecule has 1 heterocycles. The molecule has 0 bridgehead atoms. The van der Waals surface area contributed by atoms with E-state index in [1.54, 1.807) is 12.3 Å². The van der Waals surface area contributed by atoms with Crippen molar-refractivity contribution in [2.24, 2.45) is 0 Å². The predicted molar refractivity (Wildman–Crippen MR) is 67.3 cm³/mol. The number of allylic oxidation sites excluding steroid dienone is 1. The predicted octanol–water partition coefficient (Wildman–Crippen LogP) is 3.32. The lowest BCUT2D eigenvalue weighted by Gasteiger charge is -2.06. The van der Waals surface area contributed by atoms with Crippen molar-refractivity contribution in [2.45, 2.75) is 12.7 Å². The van der Waals surface area contributed by atoms with Gasteiger partial charge in [0.1, 0.15) is 5.69 Å². The summed E-state index contributed by atoms with van der Waals surface area (Å²) in [5, 5.41) is 4.02. The van der Waals surface area contributed by atoms with Gasteiger partial charge in [-0.1, -0.05) is 18.2 Å². The van der Waals surface area contributed by atoms with Gasteiger partial charge in [0.05, 0.1) is 12.1 Å². The number of hydrogen-bond acceptors (Lipinski definition) is 2. The van der Waals surface area contributed by atoms with Crippen molar-refractivity contribution in [3.63, 3.8) is 0 Å². The first-order valence-electron chi connectivity index (χ1n) is 5.78. The summed E-state index contributed by atoms with van der Waals surface area (Å²) in [5.74, 6) is -0.415. The van der Waals surface area contributed by atoms with Crippen molar-refractivity contribution in [2.75, 3.05) is 0 Å². The summed E-state index contributed by atoms with van der Waals surface area (Å²) >= 11 is 0. The molecule has 104 valence electrons. The van der Waals surface area contributed by atoms with Crippen molar-refractivity contribution in [1.82, 2.24) is 9.78 Å². The van der Waals surface area contributed by atoms with Crippen molar-refractivity contribution in [3.05, 3.63) is 66.0 Å². The maximum absolute atomic E-state index is 12.4. The van der Waals surface area contributed by atoms with Gasteiger partial charge in [0.15, 0.2) is 0 Å². The molecule has 1 aromatic heterocycles. The number of nitrogens with zero attached hydrogens (tertiary/aromatic N) is 2. The number of hydrogen-bond donors (Lipinski definition) is 0. The fourth-order valence-corrected chi connectivity index (χ4v) is 1.68. The number of rotatable bonds is 4. The van der Waals surface area contributed by atoms with Crippen LogP contribution in [-0.4, -0.2) is 15.6 Å². The Kier molecular flexibility index (Phi) is 3.74. The van der Waals surface area contributed by atoms with Crippen LogP contribution in [0.4, 0.5) is 13.2 Å². The fraction of sp³-hybridized carbons (Fsp3) is 0.143. The molecule has 0 fully saturated rings. The van der Waals surface area contributed by atoms with Gasteiger partial charge < -0.3 is 0 Å². The van der Waals surface area contributed by atoms with Crippen LogP contribution in [0.1, 0.15) is 21.6 Å². The summed E-state index contributed by atoms with van der Waals surface area (Å²) in [7, 11) is 0. The SMILES string of the molecule is C=CCn1ccc(C(=O)c2ccc(C(F)(F)F)cc2)n1. The molecule has 0 amide bonds. The number of ketones is 1. The first kappa shape index (κ1) is 14.0. The number of alkyl halides is 3. The van der Waals surface area contributed by atoms with E-state index in [1.165, 1.54) is 10.7 Å². The molecule has 0 radical (unpaired) electrons. The van der Waals surface area contributed by atoms with Crippen LogP contribution < -0.4 is 0 Å². The standard InChI is InChI=1S/C14H11F3N2O/c1-2-8-19-9-7-12(18-19)13(20)10-3-5-11(6-4-10)14(15,16)17/h2-7,9H,1,8H2. The normalized spacial score (nSPS) is 11.3. The molecule has 2 rings (SSSR count). The Morgan fingerprint density at radius 3 is 2.45 bits per heavy atom. The molecule has 3 nitrogen and oxygen atoms in total. The highest BCUT2D eigenvalue weighted by Crippen LogP contribution is 2.29. The Labute approximate surface area is 113 Å². The van der Waals surface area contributed by atoms with Crippen LogP contribution >= 0.6 is 0 Å². The molecule has 0 saturated heterocycles. The van der Waals surface area contributed by atoms with Gasteiger partial charge in [-0.15, -0.1) is 6.58 Å². The van der Waals surface area contributed by atoms with Crippen molar-refractivity contribution < 1.29 is 18.0 Å². The number of aromatic nitrogens is 2. The smallest absolute Gasteiger partial charge is 0.287 e. The van der Waals surface area contributed by atoms with E-state index in [9.17, 15) is 18.0 Å². The lowest BCUT2D eigenvalue weighted by atomic mass is 10.1. The lowest BCUT2D eigenvalue weighted by Crippen LogP contribution is -2.07. The number of carbonyl (C=O) groups is 1. The average Bonchev–Trinajstić information content (AvgIpc) is 2.86. The van der Waals surface area contributed by atoms with Gasteiger partial charge in [0.2, 0.25) is 5.78 Å². The maximum Gasteiger partial charge on any atom is 0.416 e. The molecule has 0 aliphatic rings. The van der Waals surface area contributed by atoms with Crippen LogP contribution in [0, 0.1) is 0 Å². The van der Waals surface area contributed by atoms with Crippen LogP contribution in [-0.2, 0) is 12.7 Å². The van der Waals surface area contributed by atoms with Crippen LogP contribution in [0.3, 0.4) is 0 Å². The second-order valence-electron chi connectivity index (χ2n) is 4.12. The van der Waals surface area contributed by atoms with Crippen molar-refractivity contribution in [3.8, 4) is 0 Å². The second kappa shape index (κ2) is 5.32. The first-order chi connectivity index (χ1) is 9.41. The Bertz CT molecular complexity index is 627. The Balaban J connectivity index is 2.22. The minimum Gasteiger partial charge on any atom is -0.287 e. The van der Waals surface area contributed by atoms with Gasteiger partial charge in [-0.3, -0.25) is 9.48 Å². The van der Waals surface area contributed by atoms with Crippen LogP contribution in [0.25, 0.3) is 0 Å². The van der Waals surface area contributed by atoms with Crippen molar-refractivity contribution in [1.29, 1.82) is 0 Å². The zero-order valence-electron chi connectivity index (χ0n) is 10.4. The van der Waals surface area contributed by atoms with Crippen LogP contribution in [0.15, 0.2) is 49.2 Å². The number of carbonyl (C=O) groups excluding carboxylic acids is 1. The Hall–Kier alpha value is -2.37. The molecule has 20 heavy (non-hydrogen) atoms. The zero-order chi connectivity index (χ0) is 14.8. The fourth-order valence-electron chi connectivity index (χ4n) is 1.68. The van der Waals surface area contributed by atoms with Gasteiger partial charge in [0, 0.05) is 11.8 Å². The summed E-state index contributed by atoms with van der Waals surface area (Å²) in [6, 6.07) is 5.58. The van der Waals surface area contributed by atoms with E-state index < -0.39 is 17.5 Å². The highest BCUT2D eigenvalue weighted by molar-refractivity contribution is 6.07. The Morgan fingerprint density at radius 2 is 1.90 bits per heavy atom. The van der Waals surface area contributed by atoms with Gasteiger partial charge in [-0.05, 0) is 18.2 Å².